The molecule has 0 heterocycles. The van der Waals surface area contributed by atoms with Crippen LogP contribution in [0.5, 0.6) is 5.75 Å². The molecule has 32 heavy (non-hydrogen) atoms. The standard InChI is InChI=1S/C23H27Cl3O6/c24-16-11-17(25)20(32-23(30)21(27)28)18(19(16)26)22(29)31-12-15(13-7-3-1-4-8-13)14-9-5-2-6-10-14/h11,13-15H,1-10,12H2,(H,27,28). The molecule has 0 saturated heterocycles. The van der Waals surface area contributed by atoms with E-state index in [2.05, 4.69) is 0 Å². The molecule has 176 valence electrons. The van der Waals surface area contributed by atoms with Crippen molar-refractivity contribution in [2.75, 3.05) is 6.61 Å². The van der Waals surface area contributed by atoms with Gasteiger partial charge in [0.25, 0.3) is 0 Å². The normalized spacial score (nSPS) is 17.9. The summed E-state index contributed by atoms with van der Waals surface area (Å²) in [5, 5.41) is 8.41. The zero-order valence-corrected chi connectivity index (χ0v) is 20.0. The van der Waals surface area contributed by atoms with Gasteiger partial charge in [0.1, 0.15) is 5.56 Å². The predicted octanol–water partition coefficient (Wildman–Crippen LogP) is 6.57. The minimum absolute atomic E-state index is 0.0325. The van der Waals surface area contributed by atoms with Crippen LogP contribution in [0.4, 0.5) is 0 Å². The summed E-state index contributed by atoms with van der Waals surface area (Å²) in [4.78, 5) is 35.6. The monoisotopic (exact) mass is 504 g/mol. The van der Waals surface area contributed by atoms with Crippen LogP contribution in [0.15, 0.2) is 6.07 Å². The Morgan fingerprint density at radius 1 is 0.906 bits per heavy atom. The van der Waals surface area contributed by atoms with Crippen LogP contribution in [0.25, 0.3) is 0 Å². The molecule has 0 spiro atoms. The van der Waals surface area contributed by atoms with Crippen molar-refractivity contribution in [1.82, 2.24) is 0 Å². The highest BCUT2D eigenvalue weighted by molar-refractivity contribution is 6.46. The molecule has 1 N–H and O–H groups in total. The maximum absolute atomic E-state index is 13.0. The molecule has 0 atom stereocenters. The molecule has 9 heteroatoms. The van der Waals surface area contributed by atoms with Gasteiger partial charge in [0.15, 0.2) is 5.75 Å². The molecule has 3 rings (SSSR count). The van der Waals surface area contributed by atoms with E-state index in [0.29, 0.717) is 11.8 Å². The first-order valence-electron chi connectivity index (χ1n) is 11.1. The number of ether oxygens (including phenoxy) is 2. The SMILES string of the molecule is O=C(O)C(=O)Oc1c(Cl)cc(Cl)c(Cl)c1C(=O)OCC(C1CCCCC1)C1CCCCC1. The fourth-order valence-electron chi connectivity index (χ4n) is 5.02. The number of rotatable bonds is 6. The van der Waals surface area contributed by atoms with E-state index in [1.807, 2.05) is 0 Å². The Bertz CT molecular complexity index is 842. The summed E-state index contributed by atoms with van der Waals surface area (Å²) in [6.07, 6.45) is 11.7. The average Bonchev–Trinajstić information content (AvgIpc) is 2.79. The van der Waals surface area contributed by atoms with Crippen LogP contribution in [-0.2, 0) is 14.3 Å². The van der Waals surface area contributed by atoms with Crippen molar-refractivity contribution < 1.29 is 29.0 Å². The van der Waals surface area contributed by atoms with E-state index >= 15 is 0 Å². The molecule has 0 aromatic heterocycles. The first-order valence-corrected chi connectivity index (χ1v) is 12.2. The topological polar surface area (TPSA) is 89.9 Å². The van der Waals surface area contributed by atoms with E-state index in [0.717, 1.165) is 25.7 Å². The van der Waals surface area contributed by atoms with Crippen molar-refractivity contribution >= 4 is 52.7 Å². The Kier molecular flexibility index (Phi) is 9.09. The van der Waals surface area contributed by atoms with Crippen LogP contribution in [0.1, 0.15) is 74.6 Å². The lowest BCUT2D eigenvalue weighted by atomic mass is 9.70. The summed E-state index contributed by atoms with van der Waals surface area (Å²) >= 11 is 18.4. The highest BCUT2D eigenvalue weighted by Crippen LogP contribution is 2.42. The molecule has 0 amide bonds. The van der Waals surface area contributed by atoms with Crippen LogP contribution >= 0.6 is 34.8 Å². The van der Waals surface area contributed by atoms with Crippen molar-refractivity contribution in [3.63, 3.8) is 0 Å². The molecule has 2 aliphatic carbocycles. The van der Waals surface area contributed by atoms with Gasteiger partial charge in [-0.05, 0) is 23.8 Å². The van der Waals surface area contributed by atoms with Crippen molar-refractivity contribution in [3.8, 4) is 5.75 Å². The van der Waals surface area contributed by atoms with E-state index in [9.17, 15) is 14.4 Å². The fourth-order valence-corrected chi connectivity index (χ4v) is 5.74. The van der Waals surface area contributed by atoms with Gasteiger partial charge in [-0.2, -0.15) is 0 Å². The second kappa shape index (κ2) is 11.6. The molecule has 2 aliphatic rings. The Hall–Kier alpha value is -1.50. The lowest BCUT2D eigenvalue weighted by molar-refractivity contribution is -0.158. The van der Waals surface area contributed by atoms with Crippen molar-refractivity contribution in [1.29, 1.82) is 0 Å². The molecule has 2 saturated carbocycles. The first-order chi connectivity index (χ1) is 15.3. The van der Waals surface area contributed by atoms with Gasteiger partial charge in [-0.25, -0.2) is 14.4 Å². The molecular weight excluding hydrogens is 479 g/mol. The average molecular weight is 506 g/mol. The van der Waals surface area contributed by atoms with Gasteiger partial charge in [-0.1, -0.05) is 99.0 Å². The van der Waals surface area contributed by atoms with Gasteiger partial charge in [-0.15, -0.1) is 0 Å². The Labute approximate surface area is 202 Å². The summed E-state index contributed by atoms with van der Waals surface area (Å²) in [6, 6.07) is 1.18. The molecule has 0 aliphatic heterocycles. The van der Waals surface area contributed by atoms with E-state index in [-0.39, 0.29) is 33.2 Å². The number of carboxylic acids is 1. The zero-order chi connectivity index (χ0) is 23.3. The van der Waals surface area contributed by atoms with Gasteiger partial charge in [-0.3, -0.25) is 0 Å². The number of carbonyl (C=O) groups is 3. The largest absolute Gasteiger partial charge is 0.473 e. The van der Waals surface area contributed by atoms with Crippen LogP contribution in [0.3, 0.4) is 0 Å². The second-order valence-electron chi connectivity index (χ2n) is 8.61. The molecule has 6 nitrogen and oxygen atoms in total. The third kappa shape index (κ3) is 6.09. The number of esters is 2. The van der Waals surface area contributed by atoms with Crippen LogP contribution in [-0.4, -0.2) is 29.6 Å². The molecular formula is C23H27Cl3O6. The number of aliphatic carboxylic acids is 1. The van der Waals surface area contributed by atoms with Gasteiger partial charge in [0, 0.05) is 0 Å². The molecule has 1 aromatic rings. The quantitative estimate of drug-likeness (QED) is 0.203. The minimum atomic E-state index is -1.83. The van der Waals surface area contributed by atoms with E-state index in [1.165, 1.54) is 44.6 Å². The van der Waals surface area contributed by atoms with E-state index in [4.69, 9.17) is 49.4 Å². The molecule has 0 radical (unpaired) electrons. The molecule has 1 aromatic carbocycles. The lowest BCUT2D eigenvalue weighted by Crippen LogP contribution is -2.32. The summed E-state index contributed by atoms with van der Waals surface area (Å²) in [7, 11) is 0. The third-order valence-corrected chi connectivity index (χ3v) is 7.69. The smallest absolute Gasteiger partial charge is 0.422 e. The third-order valence-electron chi connectivity index (χ3n) is 6.62. The summed E-state index contributed by atoms with van der Waals surface area (Å²) in [5.41, 5.74) is -0.343. The van der Waals surface area contributed by atoms with Crippen LogP contribution in [0.2, 0.25) is 15.1 Å². The van der Waals surface area contributed by atoms with Gasteiger partial charge >= 0.3 is 17.9 Å². The van der Waals surface area contributed by atoms with E-state index < -0.39 is 23.7 Å². The Morgan fingerprint density at radius 2 is 1.44 bits per heavy atom. The van der Waals surface area contributed by atoms with Crippen molar-refractivity contribution in [2.24, 2.45) is 17.8 Å². The minimum Gasteiger partial charge on any atom is -0.473 e. The van der Waals surface area contributed by atoms with Crippen molar-refractivity contribution in [3.05, 3.63) is 26.7 Å². The lowest BCUT2D eigenvalue weighted by Gasteiger charge is -2.37. The highest BCUT2D eigenvalue weighted by Gasteiger charge is 2.34. The number of hydrogen-bond donors (Lipinski definition) is 1. The van der Waals surface area contributed by atoms with Crippen molar-refractivity contribution in [2.45, 2.75) is 64.2 Å². The Balaban J connectivity index is 1.82. The van der Waals surface area contributed by atoms with Crippen LogP contribution in [0, 0.1) is 17.8 Å². The number of hydrogen-bond acceptors (Lipinski definition) is 5. The van der Waals surface area contributed by atoms with E-state index in [1.54, 1.807) is 0 Å². The highest BCUT2D eigenvalue weighted by atomic mass is 35.5. The predicted molar refractivity (Wildman–Crippen MR) is 122 cm³/mol. The first kappa shape index (κ1) is 25.1. The maximum atomic E-state index is 13.0. The van der Waals surface area contributed by atoms with Gasteiger partial charge < -0.3 is 14.6 Å². The number of carbonyl (C=O) groups excluding carboxylic acids is 2. The number of benzene rings is 1. The second-order valence-corrected chi connectivity index (χ2v) is 9.80. The molecule has 0 bridgehead atoms. The number of halogens is 3. The summed E-state index contributed by atoms with van der Waals surface area (Å²) < 4.78 is 10.5. The summed E-state index contributed by atoms with van der Waals surface area (Å²) in [5.74, 6) is -3.49. The zero-order valence-electron chi connectivity index (χ0n) is 17.7. The maximum Gasteiger partial charge on any atom is 0.422 e. The molecule has 0 unspecified atom stereocenters. The fraction of sp³-hybridized carbons (Fsp3) is 0.609. The number of carboxylic acid groups (broad SMARTS) is 1. The Morgan fingerprint density at radius 3 is 1.94 bits per heavy atom. The van der Waals surface area contributed by atoms with Crippen LogP contribution < -0.4 is 4.74 Å². The van der Waals surface area contributed by atoms with Gasteiger partial charge in [0.05, 0.1) is 21.7 Å². The summed E-state index contributed by atoms with van der Waals surface area (Å²) in [6.45, 7) is 0.223. The van der Waals surface area contributed by atoms with Gasteiger partial charge in [0.2, 0.25) is 0 Å². The molecule has 2 fully saturated rings.